The van der Waals surface area contributed by atoms with Crippen LogP contribution in [0.3, 0.4) is 0 Å². The molecular weight excluding hydrogens is 569 g/mol. The summed E-state index contributed by atoms with van der Waals surface area (Å²) < 4.78 is 6.03. The van der Waals surface area contributed by atoms with Crippen LogP contribution >= 0.6 is 22.9 Å². The second kappa shape index (κ2) is 12.2. The molecule has 0 amide bonds. The van der Waals surface area contributed by atoms with E-state index in [-0.39, 0.29) is 0 Å². The van der Waals surface area contributed by atoms with Gasteiger partial charge in [0.15, 0.2) is 5.13 Å². The molecule has 3 aromatic carbocycles. The van der Waals surface area contributed by atoms with Gasteiger partial charge in [0, 0.05) is 79.9 Å². The second-order valence-electron chi connectivity index (χ2n) is 12.0. The summed E-state index contributed by atoms with van der Waals surface area (Å²) in [6, 6.07) is 27.6. The van der Waals surface area contributed by atoms with Crippen molar-refractivity contribution >= 4 is 55.3 Å². The minimum atomic E-state index is 0.405. The SMILES string of the molecule is CCc1ccc(N2CC(C)N(c3nc(Cc4ccc(N5CCN(c6nsc7ccccc67)CC5)cc4)cs3)C(C)C2)cc1. The molecule has 0 saturated carbocycles. The van der Waals surface area contributed by atoms with Gasteiger partial charge in [-0.2, -0.15) is 4.37 Å². The maximum Gasteiger partial charge on any atom is 0.186 e. The molecule has 2 saturated heterocycles. The molecule has 2 aromatic heterocycles. The Kier molecular flexibility index (Phi) is 7.97. The third kappa shape index (κ3) is 5.83. The molecule has 8 heteroatoms. The molecular formula is C35H40N6S2. The van der Waals surface area contributed by atoms with Crippen LogP contribution in [0.25, 0.3) is 10.1 Å². The van der Waals surface area contributed by atoms with E-state index in [9.17, 15) is 0 Å². The number of aryl methyl sites for hydroxylation is 1. The molecule has 5 aromatic rings. The first-order valence-electron chi connectivity index (χ1n) is 15.6. The van der Waals surface area contributed by atoms with Gasteiger partial charge < -0.3 is 19.6 Å². The van der Waals surface area contributed by atoms with Crippen LogP contribution in [0.1, 0.15) is 37.6 Å². The fraction of sp³-hybridized carbons (Fsp3) is 0.371. The standard InChI is InChI=1S/C35H40N6S2/c1-4-27-9-13-31(14-10-27)40-22-25(2)41(26(3)23-40)35-36-29(24-42-35)21-28-11-15-30(16-12-28)38-17-19-39(20-18-38)34-32-7-5-6-8-33(32)43-37-34/h5-16,24-26H,4,17-23H2,1-3H3. The average Bonchev–Trinajstić information content (AvgIpc) is 3.69. The minimum Gasteiger partial charge on any atom is -0.368 e. The number of anilines is 4. The van der Waals surface area contributed by atoms with Crippen molar-refractivity contribution in [3.63, 3.8) is 0 Å². The van der Waals surface area contributed by atoms with E-state index in [2.05, 4.69) is 119 Å². The van der Waals surface area contributed by atoms with Gasteiger partial charge in [-0.3, -0.25) is 0 Å². The summed E-state index contributed by atoms with van der Waals surface area (Å²) in [6.07, 6.45) is 1.95. The second-order valence-corrected chi connectivity index (χ2v) is 13.6. The van der Waals surface area contributed by atoms with Crippen molar-refractivity contribution in [3.8, 4) is 0 Å². The lowest BCUT2D eigenvalue weighted by atomic mass is 10.1. The molecule has 0 N–H and O–H groups in total. The van der Waals surface area contributed by atoms with Crippen molar-refractivity contribution in [2.45, 2.75) is 45.7 Å². The van der Waals surface area contributed by atoms with Crippen molar-refractivity contribution in [3.05, 3.63) is 95.0 Å². The molecule has 2 atom stereocenters. The molecule has 43 heavy (non-hydrogen) atoms. The van der Waals surface area contributed by atoms with Crippen LogP contribution in [-0.4, -0.2) is 60.7 Å². The third-order valence-corrected chi connectivity index (χ3v) is 10.7. The van der Waals surface area contributed by atoms with Crippen molar-refractivity contribution in [2.24, 2.45) is 0 Å². The largest absolute Gasteiger partial charge is 0.368 e. The van der Waals surface area contributed by atoms with E-state index in [0.717, 1.165) is 68.8 Å². The molecule has 0 aliphatic carbocycles. The molecule has 2 fully saturated rings. The number of aromatic nitrogens is 2. The van der Waals surface area contributed by atoms with Gasteiger partial charge in [-0.1, -0.05) is 43.3 Å². The number of nitrogens with zero attached hydrogens (tertiary/aromatic N) is 6. The Morgan fingerprint density at radius 2 is 1.37 bits per heavy atom. The summed E-state index contributed by atoms with van der Waals surface area (Å²) in [5.41, 5.74) is 6.50. The Morgan fingerprint density at radius 1 is 0.744 bits per heavy atom. The Labute approximate surface area is 263 Å². The molecule has 7 rings (SSSR count). The maximum absolute atomic E-state index is 5.12. The lowest BCUT2D eigenvalue weighted by Gasteiger charge is -2.45. The van der Waals surface area contributed by atoms with Crippen molar-refractivity contribution in [1.82, 2.24) is 9.36 Å². The zero-order valence-corrected chi connectivity index (χ0v) is 26.9. The maximum atomic E-state index is 5.12. The molecule has 222 valence electrons. The third-order valence-electron chi connectivity index (χ3n) is 9.01. The Bertz CT molecular complexity index is 1640. The lowest BCUT2D eigenvalue weighted by Crippen LogP contribution is -2.57. The number of fused-ring (bicyclic) bond motifs is 1. The van der Waals surface area contributed by atoms with Gasteiger partial charge in [-0.25, -0.2) is 4.98 Å². The van der Waals surface area contributed by atoms with Gasteiger partial charge in [-0.15, -0.1) is 11.3 Å². The molecule has 4 heterocycles. The topological polar surface area (TPSA) is 38.7 Å². The molecule has 2 aliphatic heterocycles. The first-order chi connectivity index (χ1) is 21.1. The van der Waals surface area contributed by atoms with Crippen LogP contribution in [0.5, 0.6) is 0 Å². The first-order valence-corrected chi connectivity index (χ1v) is 17.2. The number of rotatable bonds is 7. The van der Waals surface area contributed by atoms with E-state index in [1.807, 2.05) is 0 Å². The highest BCUT2D eigenvalue weighted by Gasteiger charge is 2.31. The highest BCUT2D eigenvalue weighted by Crippen LogP contribution is 2.32. The van der Waals surface area contributed by atoms with Gasteiger partial charge in [0.2, 0.25) is 0 Å². The van der Waals surface area contributed by atoms with Gasteiger partial charge >= 0.3 is 0 Å². The molecule has 2 aliphatic rings. The summed E-state index contributed by atoms with van der Waals surface area (Å²) >= 11 is 3.39. The zero-order chi connectivity index (χ0) is 29.3. The fourth-order valence-electron chi connectivity index (χ4n) is 6.66. The number of piperazine rings is 2. The zero-order valence-electron chi connectivity index (χ0n) is 25.3. The summed E-state index contributed by atoms with van der Waals surface area (Å²) in [7, 11) is 0. The van der Waals surface area contributed by atoms with E-state index >= 15 is 0 Å². The Morgan fingerprint density at radius 3 is 2.07 bits per heavy atom. The van der Waals surface area contributed by atoms with Crippen LogP contribution in [0.4, 0.5) is 22.3 Å². The van der Waals surface area contributed by atoms with E-state index in [0.29, 0.717) is 12.1 Å². The average molecular weight is 609 g/mol. The summed E-state index contributed by atoms with van der Waals surface area (Å²) in [5, 5.41) is 4.68. The molecule has 6 nitrogen and oxygen atoms in total. The Balaban J connectivity index is 0.949. The van der Waals surface area contributed by atoms with Crippen molar-refractivity contribution in [2.75, 3.05) is 58.9 Å². The minimum absolute atomic E-state index is 0.405. The van der Waals surface area contributed by atoms with Crippen molar-refractivity contribution < 1.29 is 0 Å². The van der Waals surface area contributed by atoms with Crippen LogP contribution in [-0.2, 0) is 12.8 Å². The van der Waals surface area contributed by atoms with E-state index in [1.54, 1.807) is 22.9 Å². The van der Waals surface area contributed by atoms with E-state index < -0.39 is 0 Å². The quantitative estimate of drug-likeness (QED) is 0.193. The number of hydrogen-bond acceptors (Lipinski definition) is 8. The summed E-state index contributed by atoms with van der Waals surface area (Å²) in [5.74, 6) is 1.14. The normalized spacial score (nSPS) is 19.4. The molecule has 0 radical (unpaired) electrons. The lowest BCUT2D eigenvalue weighted by molar-refractivity contribution is 0.474. The molecule has 2 unspecified atom stereocenters. The van der Waals surface area contributed by atoms with Crippen LogP contribution in [0.2, 0.25) is 0 Å². The highest BCUT2D eigenvalue weighted by molar-refractivity contribution is 7.14. The fourth-order valence-corrected chi connectivity index (χ4v) is 8.48. The number of benzene rings is 3. The summed E-state index contributed by atoms with van der Waals surface area (Å²) in [6.45, 7) is 12.9. The van der Waals surface area contributed by atoms with E-state index in [1.165, 1.54) is 32.6 Å². The van der Waals surface area contributed by atoms with Crippen LogP contribution in [0, 0.1) is 0 Å². The highest BCUT2D eigenvalue weighted by atomic mass is 32.1. The van der Waals surface area contributed by atoms with E-state index in [4.69, 9.17) is 9.36 Å². The number of thiazole rings is 1. The predicted molar refractivity (Wildman–Crippen MR) is 185 cm³/mol. The predicted octanol–water partition coefficient (Wildman–Crippen LogP) is 7.34. The van der Waals surface area contributed by atoms with Crippen LogP contribution < -0.4 is 19.6 Å². The number of hydrogen-bond donors (Lipinski definition) is 0. The van der Waals surface area contributed by atoms with Crippen LogP contribution in [0.15, 0.2) is 78.2 Å². The van der Waals surface area contributed by atoms with Crippen molar-refractivity contribution in [1.29, 1.82) is 0 Å². The monoisotopic (exact) mass is 608 g/mol. The van der Waals surface area contributed by atoms with Gasteiger partial charge in [0.25, 0.3) is 0 Å². The Hall–Kier alpha value is -3.62. The van der Waals surface area contributed by atoms with Gasteiger partial charge in [-0.05, 0) is 79.3 Å². The molecule has 0 bridgehead atoms. The smallest absolute Gasteiger partial charge is 0.186 e. The van der Waals surface area contributed by atoms with Gasteiger partial charge in [0.1, 0.15) is 5.82 Å². The summed E-state index contributed by atoms with van der Waals surface area (Å²) in [4.78, 5) is 15.1. The van der Waals surface area contributed by atoms with Gasteiger partial charge in [0.05, 0.1) is 10.4 Å². The molecule has 0 spiro atoms. The first kappa shape index (κ1) is 28.2.